The molecule has 3 N–H and O–H groups in total. The zero-order valence-electron chi connectivity index (χ0n) is 29.8. The first kappa shape index (κ1) is 38.8. The lowest BCUT2D eigenvalue weighted by molar-refractivity contribution is -0.306. The van der Waals surface area contributed by atoms with Crippen molar-refractivity contribution >= 4 is 11.7 Å². The number of carbonyl (C=O) groups is 1. The zero-order valence-corrected chi connectivity index (χ0v) is 29.8. The molecular weight excluding hydrogens is 596 g/mol. The number of methoxy groups -OCH3 is 1. The summed E-state index contributed by atoms with van der Waals surface area (Å²) >= 11 is 0. The molecule has 0 unspecified atom stereocenters. The van der Waals surface area contributed by atoms with Gasteiger partial charge in [-0.15, -0.1) is 0 Å². The molecule has 3 aliphatic rings. The van der Waals surface area contributed by atoms with Crippen LogP contribution < -0.4 is 0 Å². The average molecular weight is 657 g/mol. The van der Waals surface area contributed by atoms with Crippen molar-refractivity contribution in [2.24, 2.45) is 28.8 Å². The summed E-state index contributed by atoms with van der Waals surface area (Å²) in [7, 11) is 5.60. The van der Waals surface area contributed by atoms with Gasteiger partial charge < -0.3 is 48.7 Å². The van der Waals surface area contributed by atoms with E-state index in [0.29, 0.717) is 17.7 Å². The zero-order chi connectivity index (χ0) is 34.7. The van der Waals surface area contributed by atoms with Crippen molar-refractivity contribution in [2.75, 3.05) is 34.4 Å². The number of hydrogen-bond acceptors (Lipinski definition) is 12. The number of ether oxygens (including phenoxy) is 6. The van der Waals surface area contributed by atoms with Crippen LogP contribution in [0.3, 0.4) is 0 Å². The Hall–Kier alpha value is -1.64. The number of oxime groups is 1. The lowest BCUT2D eigenvalue weighted by atomic mass is 9.73. The van der Waals surface area contributed by atoms with Gasteiger partial charge in [-0.1, -0.05) is 39.4 Å². The number of carbonyl (C=O) groups excluding carboxylic acids is 1. The van der Waals surface area contributed by atoms with Gasteiger partial charge in [-0.25, -0.2) is 0 Å². The van der Waals surface area contributed by atoms with Crippen molar-refractivity contribution in [1.82, 2.24) is 4.90 Å². The van der Waals surface area contributed by atoms with Gasteiger partial charge >= 0.3 is 5.97 Å². The molecule has 0 saturated carbocycles. The second-order valence-electron chi connectivity index (χ2n) is 14.5. The first-order valence-corrected chi connectivity index (χ1v) is 16.7. The third-order valence-electron chi connectivity index (χ3n) is 10.5. The fraction of sp³-hybridized carbons (Fsp3) is 0.882. The first-order valence-electron chi connectivity index (χ1n) is 16.7. The number of hydrogen-bond donors (Lipinski definition) is 3. The van der Waals surface area contributed by atoms with Crippen LogP contribution in [0.15, 0.2) is 17.3 Å². The number of likely N-dealkylation sites (N-methyl/N-ethyl adjacent to an activating group) is 1. The Morgan fingerprint density at radius 3 is 2.33 bits per heavy atom. The standard InChI is InChI=1S/C34H60N2O10/c1-13-25-34(9,39)30-21(5)26(35-40)19(3)15-33(8,43-17-18(2)16-42-30)29(22(6)27(37)23(7)31(38)45-25)46-32-28(41-12)24(36(10)11)14-20(4)44-32/h19-25,27-30,32,37,39-40H,2,13-17H2,1,3-12H3/b35-26+/t19-,20-,21+,22+,23-,24+,25-,27+,28-,29-,30-,32+,33-,34-/m1/s1. The van der Waals surface area contributed by atoms with E-state index in [1.165, 1.54) is 0 Å². The molecule has 12 nitrogen and oxygen atoms in total. The van der Waals surface area contributed by atoms with Gasteiger partial charge in [0.1, 0.15) is 17.8 Å². The first-order chi connectivity index (χ1) is 21.4. The average Bonchev–Trinajstić information content (AvgIpc) is 3.00. The van der Waals surface area contributed by atoms with Crippen LogP contribution in [0.25, 0.3) is 0 Å². The Balaban J connectivity index is 2.24. The van der Waals surface area contributed by atoms with Crippen LogP contribution in [0.5, 0.6) is 0 Å². The summed E-state index contributed by atoms with van der Waals surface area (Å²) in [5, 5.41) is 37.9. The van der Waals surface area contributed by atoms with Crippen molar-refractivity contribution < 1.29 is 48.6 Å². The molecule has 14 atom stereocenters. The molecular formula is C34H60N2O10. The summed E-state index contributed by atoms with van der Waals surface area (Å²) < 4.78 is 38.2. The molecule has 3 rings (SSSR count). The Morgan fingerprint density at radius 2 is 1.76 bits per heavy atom. The summed E-state index contributed by atoms with van der Waals surface area (Å²) in [6, 6.07) is -0.00630. The van der Waals surface area contributed by atoms with Gasteiger partial charge in [0.15, 0.2) is 6.29 Å². The fourth-order valence-corrected chi connectivity index (χ4v) is 7.79. The van der Waals surface area contributed by atoms with Crippen molar-refractivity contribution in [3.05, 3.63) is 12.2 Å². The summed E-state index contributed by atoms with van der Waals surface area (Å²) in [6.45, 7) is 18.8. The summed E-state index contributed by atoms with van der Waals surface area (Å²) in [4.78, 5) is 15.7. The van der Waals surface area contributed by atoms with E-state index in [-0.39, 0.29) is 31.8 Å². The Bertz CT molecular complexity index is 1070. The van der Waals surface area contributed by atoms with Gasteiger partial charge in [0.2, 0.25) is 0 Å². The van der Waals surface area contributed by atoms with E-state index in [4.69, 9.17) is 28.4 Å². The quantitative estimate of drug-likeness (QED) is 0.173. The minimum Gasteiger partial charge on any atom is -0.459 e. The maximum absolute atomic E-state index is 13.6. The molecule has 3 heterocycles. The molecule has 3 aliphatic heterocycles. The van der Waals surface area contributed by atoms with Gasteiger partial charge in [0.25, 0.3) is 0 Å². The molecule has 0 aromatic carbocycles. The lowest BCUT2D eigenvalue weighted by Crippen LogP contribution is -2.60. The third kappa shape index (κ3) is 8.14. The highest BCUT2D eigenvalue weighted by Crippen LogP contribution is 2.41. The van der Waals surface area contributed by atoms with Crippen LogP contribution in [0.4, 0.5) is 0 Å². The normalized spacial score (nSPS) is 46.3. The molecule has 0 amide bonds. The Morgan fingerprint density at radius 1 is 1.11 bits per heavy atom. The topological polar surface area (TPSA) is 149 Å². The number of aliphatic hydroxyl groups is 2. The molecule has 12 heteroatoms. The molecule has 266 valence electrons. The molecule has 2 bridgehead atoms. The van der Waals surface area contributed by atoms with Crippen LogP contribution in [0, 0.1) is 23.7 Å². The summed E-state index contributed by atoms with van der Waals surface area (Å²) in [5.74, 6) is -3.31. The van der Waals surface area contributed by atoms with E-state index in [2.05, 4.69) is 16.6 Å². The highest BCUT2D eigenvalue weighted by molar-refractivity contribution is 5.88. The SMILES string of the molecule is C=C1CO[C@@H]2[C@@H](C)/C(=N/O)[C@H](C)C[C@@](C)(OC1)[C@H](O[C@@H]1O[C@H](C)C[C@H](N(C)C)[C@H]1OC)[C@@H](C)[C@H](O)[C@@H](C)C(=O)O[C@H](CC)[C@@]2(C)O. The van der Waals surface area contributed by atoms with E-state index >= 15 is 0 Å². The predicted octanol–water partition coefficient (Wildman–Crippen LogP) is 3.39. The molecule has 0 radical (unpaired) electrons. The van der Waals surface area contributed by atoms with Crippen molar-refractivity contribution in [3.8, 4) is 0 Å². The predicted molar refractivity (Wildman–Crippen MR) is 173 cm³/mol. The van der Waals surface area contributed by atoms with Gasteiger partial charge in [0.05, 0.1) is 54.9 Å². The maximum atomic E-state index is 13.6. The number of cyclic esters (lactones) is 1. The molecule has 0 spiro atoms. The van der Waals surface area contributed by atoms with Crippen LogP contribution in [-0.2, 0) is 33.2 Å². The van der Waals surface area contributed by atoms with E-state index in [1.807, 2.05) is 48.7 Å². The van der Waals surface area contributed by atoms with Crippen LogP contribution in [-0.4, -0.2) is 127 Å². The minimum absolute atomic E-state index is 0.00630. The number of rotatable bonds is 5. The molecule has 0 aromatic rings. The van der Waals surface area contributed by atoms with Crippen molar-refractivity contribution in [1.29, 1.82) is 0 Å². The number of esters is 1. The molecule has 3 saturated heterocycles. The van der Waals surface area contributed by atoms with Crippen LogP contribution in [0.2, 0.25) is 0 Å². The molecule has 0 aromatic heterocycles. The van der Waals surface area contributed by atoms with E-state index in [9.17, 15) is 20.2 Å². The van der Waals surface area contributed by atoms with Crippen molar-refractivity contribution in [2.45, 2.75) is 135 Å². The maximum Gasteiger partial charge on any atom is 0.311 e. The van der Waals surface area contributed by atoms with E-state index in [0.717, 1.165) is 6.42 Å². The Labute approximate surface area is 275 Å². The van der Waals surface area contributed by atoms with E-state index < -0.39 is 77.7 Å². The second-order valence-corrected chi connectivity index (χ2v) is 14.5. The highest BCUT2D eigenvalue weighted by Gasteiger charge is 2.53. The molecule has 46 heavy (non-hydrogen) atoms. The van der Waals surface area contributed by atoms with Gasteiger partial charge in [-0.3, -0.25) is 4.79 Å². The summed E-state index contributed by atoms with van der Waals surface area (Å²) in [6.07, 6.45) is -4.09. The van der Waals surface area contributed by atoms with Gasteiger partial charge in [0, 0.05) is 30.9 Å². The minimum atomic E-state index is -1.68. The largest absolute Gasteiger partial charge is 0.459 e. The number of fused-ring (bicyclic) bond motifs is 5. The van der Waals surface area contributed by atoms with E-state index in [1.54, 1.807) is 27.9 Å². The lowest BCUT2D eigenvalue weighted by Gasteiger charge is -2.49. The monoisotopic (exact) mass is 656 g/mol. The Kier molecular flexibility index (Phi) is 13.3. The van der Waals surface area contributed by atoms with Gasteiger partial charge in [-0.05, 0) is 66.6 Å². The van der Waals surface area contributed by atoms with Crippen LogP contribution in [0.1, 0.15) is 74.7 Å². The highest BCUT2D eigenvalue weighted by atomic mass is 16.7. The third-order valence-corrected chi connectivity index (χ3v) is 10.5. The molecule has 3 fully saturated rings. The fourth-order valence-electron chi connectivity index (χ4n) is 7.79. The number of nitrogens with zero attached hydrogens (tertiary/aromatic N) is 2. The van der Waals surface area contributed by atoms with Crippen molar-refractivity contribution in [3.63, 3.8) is 0 Å². The smallest absolute Gasteiger partial charge is 0.311 e. The number of aliphatic hydroxyl groups excluding tert-OH is 1. The van der Waals surface area contributed by atoms with Crippen LogP contribution >= 0.6 is 0 Å². The van der Waals surface area contributed by atoms with Gasteiger partial charge in [-0.2, -0.15) is 0 Å². The summed E-state index contributed by atoms with van der Waals surface area (Å²) in [5.41, 5.74) is -1.81. The molecule has 0 aliphatic carbocycles. The second kappa shape index (κ2) is 15.7.